The minimum Gasteiger partial charge on any atom is -0.774 e. The van der Waals surface area contributed by atoms with Gasteiger partial charge in [-0.05, 0) is 134 Å². The van der Waals surface area contributed by atoms with Crippen LogP contribution in [0.3, 0.4) is 0 Å². The van der Waals surface area contributed by atoms with E-state index >= 15 is 0 Å². The van der Waals surface area contributed by atoms with E-state index in [2.05, 4.69) is 100 Å². The van der Waals surface area contributed by atoms with Crippen molar-refractivity contribution >= 4 is 54.1 Å². The van der Waals surface area contributed by atoms with E-state index in [4.69, 9.17) is 4.74 Å². The van der Waals surface area contributed by atoms with Crippen molar-refractivity contribution in [2.24, 2.45) is 0 Å². The Morgan fingerprint density at radius 3 is 1.83 bits per heavy atom. The van der Waals surface area contributed by atoms with E-state index in [-0.39, 0.29) is 39.3 Å². The predicted octanol–water partition coefficient (Wildman–Crippen LogP) is 5.57. The van der Waals surface area contributed by atoms with Crippen molar-refractivity contribution < 1.29 is 60.6 Å². The SMILES string of the molecule is C=S(=O)([O-])c1cccc(CN(CC)c2ccc(C(=C3C=CC(=[N+](CC)Cc4cccc(S(=O)(=O)[O-])c4)C=C3)c3ccc(Nc4ccc(OCC)cc4)cc3)cc2)c1.[Na+]. The van der Waals surface area contributed by atoms with Gasteiger partial charge >= 0.3 is 29.6 Å². The molecule has 12 heteroatoms. The van der Waals surface area contributed by atoms with Crippen molar-refractivity contribution in [1.82, 2.24) is 0 Å². The topological polar surface area (TPSA) is 125 Å². The van der Waals surface area contributed by atoms with Crippen LogP contribution in [0.15, 0.2) is 161 Å². The first-order chi connectivity index (χ1) is 27.3. The zero-order valence-corrected chi connectivity index (χ0v) is 36.9. The van der Waals surface area contributed by atoms with Gasteiger partial charge in [0.05, 0.1) is 11.5 Å². The molecule has 5 aromatic rings. The summed E-state index contributed by atoms with van der Waals surface area (Å²) in [7, 11) is -8.12. The molecule has 294 valence electrons. The Bertz CT molecular complexity index is 2550. The number of hydrogen-bond donors (Lipinski definition) is 1. The largest absolute Gasteiger partial charge is 1.00 e. The molecule has 58 heavy (non-hydrogen) atoms. The summed E-state index contributed by atoms with van der Waals surface area (Å²) in [5.41, 5.74) is 9.53. The van der Waals surface area contributed by atoms with E-state index in [1.807, 2.05) is 50.2 Å². The molecule has 0 saturated heterocycles. The van der Waals surface area contributed by atoms with E-state index < -0.39 is 19.9 Å². The molecule has 0 bridgehead atoms. The van der Waals surface area contributed by atoms with Crippen LogP contribution in [-0.4, -0.2) is 57.6 Å². The average Bonchev–Trinajstić information content (AvgIpc) is 3.21. The van der Waals surface area contributed by atoms with Gasteiger partial charge in [-0.2, -0.15) is 0 Å². The Morgan fingerprint density at radius 2 is 1.28 bits per heavy atom. The molecule has 0 fully saturated rings. The van der Waals surface area contributed by atoms with E-state index in [0.29, 0.717) is 32.8 Å². The quantitative estimate of drug-likeness (QED) is 0.0630. The Kier molecular flexibility index (Phi) is 15.2. The molecular formula is C46H46N3NaO6S2. The molecule has 1 N–H and O–H groups in total. The first-order valence-electron chi connectivity index (χ1n) is 18.7. The van der Waals surface area contributed by atoms with E-state index in [9.17, 15) is 21.7 Å². The summed E-state index contributed by atoms with van der Waals surface area (Å²) >= 11 is 0. The first kappa shape index (κ1) is 44.4. The number of nitrogens with zero attached hydrogens (tertiary/aromatic N) is 2. The second kappa shape index (κ2) is 19.8. The summed E-state index contributed by atoms with van der Waals surface area (Å²) < 4.78 is 66.9. The average molecular weight is 824 g/mol. The van der Waals surface area contributed by atoms with Crippen LogP contribution >= 0.6 is 0 Å². The summed E-state index contributed by atoms with van der Waals surface area (Å²) in [6.45, 7) is 9.02. The number of benzene rings is 5. The maximum absolute atomic E-state index is 12.1. The summed E-state index contributed by atoms with van der Waals surface area (Å²) in [6.07, 6.45) is 8.30. The fourth-order valence-electron chi connectivity index (χ4n) is 6.71. The van der Waals surface area contributed by atoms with Crippen molar-refractivity contribution in [3.63, 3.8) is 0 Å². The van der Waals surface area contributed by atoms with Crippen LogP contribution < -0.4 is 44.5 Å². The maximum atomic E-state index is 12.1. The van der Waals surface area contributed by atoms with E-state index in [0.717, 1.165) is 61.9 Å². The molecule has 0 aromatic heterocycles. The molecule has 0 aliphatic heterocycles. The monoisotopic (exact) mass is 823 g/mol. The molecule has 0 spiro atoms. The third kappa shape index (κ3) is 11.5. The Labute approximate surface area is 365 Å². The van der Waals surface area contributed by atoms with Gasteiger partial charge in [0.25, 0.3) is 0 Å². The second-order valence-corrected chi connectivity index (χ2v) is 16.6. The van der Waals surface area contributed by atoms with Gasteiger partial charge in [0.15, 0.2) is 12.3 Å². The standard InChI is InChI=1S/C46H47N3O6S2.Na/c1-5-48(32-34-10-8-12-44(30-34)56(4,50)51)41-24-16-37(17-25-41)46(36-14-20-39(21-15-36)47-40-22-28-43(29-23-40)55-7-3)38-18-26-42(27-19-38)49(6-2)33-35-11-9-13-45(31-35)57(52,53)54;/h8-31H,4-7,32-33H2,1-3H3,(H2,50,51,52,53,54);/q;+1/p-1. The summed E-state index contributed by atoms with van der Waals surface area (Å²) in [5.74, 6) is 4.13. The number of anilines is 3. The summed E-state index contributed by atoms with van der Waals surface area (Å²) in [5, 5.41) is 3.47. The maximum Gasteiger partial charge on any atom is 1.00 e. The van der Waals surface area contributed by atoms with E-state index in [1.165, 1.54) is 12.1 Å². The minimum atomic E-state index is -4.56. The van der Waals surface area contributed by atoms with Crippen LogP contribution in [0.25, 0.3) is 5.57 Å². The molecule has 0 saturated carbocycles. The molecule has 1 atom stereocenters. The molecule has 0 heterocycles. The molecular weight excluding hydrogens is 778 g/mol. The molecule has 1 aliphatic rings. The third-order valence-corrected chi connectivity index (χ3v) is 11.4. The zero-order valence-electron chi connectivity index (χ0n) is 33.3. The van der Waals surface area contributed by atoms with Crippen LogP contribution in [0.1, 0.15) is 43.0 Å². The number of allylic oxidation sites excluding steroid dienone is 5. The normalized spacial score (nSPS) is 13.3. The van der Waals surface area contributed by atoms with Gasteiger partial charge in [0, 0.05) is 52.8 Å². The van der Waals surface area contributed by atoms with Gasteiger partial charge in [-0.15, -0.1) is 0 Å². The molecule has 0 radical (unpaired) electrons. The Hall–Kier alpha value is -4.72. The Balaban J connectivity index is 0.00000641. The second-order valence-electron chi connectivity index (χ2n) is 13.5. The smallest absolute Gasteiger partial charge is 0.774 e. The van der Waals surface area contributed by atoms with Gasteiger partial charge in [-0.25, -0.2) is 13.0 Å². The van der Waals surface area contributed by atoms with Crippen LogP contribution in [0.5, 0.6) is 5.75 Å². The van der Waals surface area contributed by atoms with Crippen LogP contribution in [0, 0.1) is 0 Å². The van der Waals surface area contributed by atoms with Crippen LogP contribution in [-0.2, 0) is 33.0 Å². The number of hydrogen-bond acceptors (Lipinski definition) is 8. The molecule has 5 aromatic carbocycles. The van der Waals surface area contributed by atoms with E-state index in [1.54, 1.807) is 24.3 Å². The fourth-order valence-corrected chi connectivity index (χ4v) is 7.87. The minimum absolute atomic E-state index is 0. The van der Waals surface area contributed by atoms with Crippen molar-refractivity contribution in [3.8, 4) is 5.75 Å². The molecule has 0 amide bonds. The van der Waals surface area contributed by atoms with Crippen molar-refractivity contribution in [2.45, 2.75) is 43.7 Å². The van der Waals surface area contributed by atoms with Crippen LogP contribution in [0.4, 0.5) is 17.1 Å². The van der Waals surface area contributed by atoms with Crippen molar-refractivity contribution in [3.05, 3.63) is 173 Å². The summed E-state index contributed by atoms with van der Waals surface area (Å²) in [6, 6.07) is 37.7. The third-order valence-electron chi connectivity index (χ3n) is 9.62. The number of nitrogens with one attached hydrogen (secondary N) is 1. The van der Waals surface area contributed by atoms with Gasteiger partial charge < -0.3 is 24.1 Å². The predicted molar refractivity (Wildman–Crippen MR) is 229 cm³/mol. The van der Waals surface area contributed by atoms with Gasteiger partial charge in [0.2, 0.25) is 0 Å². The molecule has 1 aliphatic carbocycles. The van der Waals surface area contributed by atoms with Gasteiger partial charge in [-0.1, -0.05) is 64.2 Å². The number of ether oxygens (including phenoxy) is 1. The first-order valence-corrected chi connectivity index (χ1v) is 21.8. The van der Waals surface area contributed by atoms with Gasteiger partial charge in [0.1, 0.15) is 22.4 Å². The Morgan fingerprint density at radius 1 is 0.724 bits per heavy atom. The molecule has 1 unspecified atom stereocenters. The zero-order chi connectivity index (χ0) is 40.6. The van der Waals surface area contributed by atoms with Crippen molar-refractivity contribution in [2.75, 3.05) is 29.9 Å². The molecule has 9 nitrogen and oxygen atoms in total. The van der Waals surface area contributed by atoms with Crippen molar-refractivity contribution in [1.29, 1.82) is 0 Å². The number of rotatable bonds is 15. The fraction of sp³-hybridized carbons (Fsp3) is 0.174. The van der Waals surface area contributed by atoms with Gasteiger partial charge in [-0.3, -0.25) is 4.21 Å². The summed E-state index contributed by atoms with van der Waals surface area (Å²) in [4.78, 5) is 2.15. The van der Waals surface area contributed by atoms with Crippen LogP contribution in [0.2, 0.25) is 0 Å². The molecule has 6 rings (SSSR count).